The van der Waals surface area contributed by atoms with Gasteiger partial charge in [0.1, 0.15) is 11.8 Å². The second-order valence-electron chi connectivity index (χ2n) is 4.17. The fourth-order valence-electron chi connectivity index (χ4n) is 1.99. The maximum atomic E-state index is 12.5. The fourth-order valence-corrected chi connectivity index (χ4v) is 3.35. The number of hydrogen-bond donors (Lipinski definition) is 0. The van der Waals surface area contributed by atoms with Gasteiger partial charge in [-0.1, -0.05) is 18.2 Å². The summed E-state index contributed by atoms with van der Waals surface area (Å²) in [6.45, 7) is 0. The van der Waals surface area contributed by atoms with Gasteiger partial charge >= 0.3 is 0 Å². The second kappa shape index (κ2) is 4.47. The van der Waals surface area contributed by atoms with Gasteiger partial charge in [-0.3, -0.25) is 0 Å². The minimum atomic E-state index is -3.65. The molecule has 2 heterocycles. The molecule has 0 saturated carbocycles. The third kappa shape index (κ3) is 1.85. The van der Waals surface area contributed by atoms with Crippen molar-refractivity contribution in [1.29, 1.82) is 5.26 Å². The van der Waals surface area contributed by atoms with E-state index in [1.165, 1.54) is 28.5 Å². The molecule has 2 aromatic heterocycles. The van der Waals surface area contributed by atoms with Gasteiger partial charge in [0.15, 0.2) is 0 Å². The zero-order chi connectivity index (χ0) is 14.2. The molecule has 20 heavy (non-hydrogen) atoms. The van der Waals surface area contributed by atoms with Crippen molar-refractivity contribution in [2.24, 2.45) is 0 Å². The number of fused-ring (bicyclic) bond motifs is 1. The zero-order valence-corrected chi connectivity index (χ0v) is 11.1. The molecular formula is C14H9N3O2S. The summed E-state index contributed by atoms with van der Waals surface area (Å²) in [7, 11) is -3.65. The van der Waals surface area contributed by atoms with Gasteiger partial charge in [-0.25, -0.2) is 17.4 Å². The number of benzene rings is 1. The van der Waals surface area contributed by atoms with Crippen molar-refractivity contribution in [2.75, 3.05) is 0 Å². The lowest BCUT2D eigenvalue weighted by Crippen LogP contribution is -2.11. The summed E-state index contributed by atoms with van der Waals surface area (Å²) < 4.78 is 26.2. The zero-order valence-electron chi connectivity index (χ0n) is 10.3. The van der Waals surface area contributed by atoms with E-state index in [0.29, 0.717) is 10.9 Å². The Balaban J connectivity index is 2.23. The third-order valence-corrected chi connectivity index (χ3v) is 4.66. The van der Waals surface area contributed by atoms with Crippen LogP contribution in [-0.2, 0) is 10.0 Å². The van der Waals surface area contributed by atoms with E-state index >= 15 is 0 Å². The summed E-state index contributed by atoms with van der Waals surface area (Å²) >= 11 is 0. The van der Waals surface area contributed by atoms with Gasteiger partial charge in [-0.05, 0) is 24.3 Å². The maximum Gasteiger partial charge on any atom is 0.268 e. The SMILES string of the molecule is N#Cc1cc2ccn(S(=O)(=O)c3ccccc3)c2cn1. The normalized spacial score (nSPS) is 11.3. The molecule has 0 aliphatic heterocycles. The van der Waals surface area contributed by atoms with Crippen LogP contribution in [0.3, 0.4) is 0 Å². The van der Waals surface area contributed by atoms with Gasteiger partial charge in [0, 0.05) is 11.6 Å². The lowest BCUT2D eigenvalue weighted by molar-refractivity contribution is 0.589. The van der Waals surface area contributed by atoms with Crippen LogP contribution in [0, 0.1) is 11.3 Å². The van der Waals surface area contributed by atoms with Gasteiger partial charge < -0.3 is 0 Å². The van der Waals surface area contributed by atoms with Gasteiger partial charge in [-0.2, -0.15) is 5.26 Å². The van der Waals surface area contributed by atoms with Crippen LogP contribution >= 0.6 is 0 Å². The first-order valence-corrected chi connectivity index (χ1v) is 7.25. The minimum Gasteiger partial charge on any atom is -0.243 e. The molecule has 0 aliphatic carbocycles. The molecule has 5 nitrogen and oxygen atoms in total. The predicted molar refractivity (Wildman–Crippen MR) is 73.5 cm³/mol. The van der Waals surface area contributed by atoms with Crippen LogP contribution in [0.2, 0.25) is 0 Å². The molecule has 0 amide bonds. The molecule has 0 radical (unpaired) electrons. The Kier molecular flexibility index (Phi) is 2.77. The average molecular weight is 283 g/mol. The molecule has 0 N–H and O–H groups in total. The first-order valence-electron chi connectivity index (χ1n) is 5.81. The molecular weight excluding hydrogens is 274 g/mol. The van der Waals surface area contributed by atoms with E-state index in [-0.39, 0.29) is 10.6 Å². The van der Waals surface area contributed by atoms with E-state index in [1.54, 1.807) is 30.3 Å². The monoisotopic (exact) mass is 283 g/mol. The van der Waals surface area contributed by atoms with Gasteiger partial charge in [0.2, 0.25) is 0 Å². The molecule has 0 atom stereocenters. The van der Waals surface area contributed by atoms with E-state index in [1.807, 2.05) is 6.07 Å². The van der Waals surface area contributed by atoms with Gasteiger partial charge in [0.25, 0.3) is 10.0 Å². The highest BCUT2D eigenvalue weighted by molar-refractivity contribution is 7.90. The third-order valence-electron chi connectivity index (χ3n) is 2.96. The van der Waals surface area contributed by atoms with E-state index < -0.39 is 10.0 Å². The standard InChI is InChI=1S/C14H9N3O2S/c15-9-12-8-11-6-7-17(14(11)10-16-12)20(18,19)13-4-2-1-3-5-13/h1-8,10H. The minimum absolute atomic E-state index is 0.210. The van der Waals surface area contributed by atoms with E-state index in [2.05, 4.69) is 4.98 Å². The molecule has 6 heteroatoms. The van der Waals surface area contributed by atoms with Crippen molar-refractivity contribution in [1.82, 2.24) is 8.96 Å². The highest BCUT2D eigenvalue weighted by atomic mass is 32.2. The quantitative estimate of drug-likeness (QED) is 0.722. The highest BCUT2D eigenvalue weighted by Crippen LogP contribution is 2.21. The van der Waals surface area contributed by atoms with Crippen LogP contribution in [0.4, 0.5) is 0 Å². The summed E-state index contributed by atoms with van der Waals surface area (Å²) in [5.74, 6) is 0. The summed E-state index contributed by atoms with van der Waals surface area (Å²) in [4.78, 5) is 4.13. The van der Waals surface area contributed by atoms with Gasteiger partial charge in [-0.15, -0.1) is 0 Å². The molecule has 0 fully saturated rings. The Bertz CT molecular complexity index is 922. The van der Waals surface area contributed by atoms with Crippen LogP contribution in [0.15, 0.2) is 59.8 Å². The first-order chi connectivity index (χ1) is 9.63. The van der Waals surface area contributed by atoms with E-state index in [9.17, 15) is 8.42 Å². The number of pyridine rings is 1. The molecule has 0 bridgehead atoms. The lowest BCUT2D eigenvalue weighted by Gasteiger charge is -2.07. The largest absolute Gasteiger partial charge is 0.268 e. The molecule has 3 rings (SSSR count). The Morgan fingerprint density at radius 1 is 1.15 bits per heavy atom. The van der Waals surface area contributed by atoms with Crippen LogP contribution in [0.5, 0.6) is 0 Å². The molecule has 0 unspecified atom stereocenters. The van der Waals surface area contributed by atoms with E-state index in [4.69, 9.17) is 5.26 Å². The van der Waals surface area contributed by atoms with Crippen molar-refractivity contribution < 1.29 is 8.42 Å². The second-order valence-corrected chi connectivity index (χ2v) is 5.98. The Morgan fingerprint density at radius 3 is 2.60 bits per heavy atom. The summed E-state index contributed by atoms with van der Waals surface area (Å²) in [5, 5.41) is 9.47. The fraction of sp³-hybridized carbons (Fsp3) is 0. The lowest BCUT2D eigenvalue weighted by atomic mass is 10.3. The maximum absolute atomic E-state index is 12.5. The molecule has 98 valence electrons. The molecule has 1 aromatic carbocycles. The average Bonchev–Trinajstić information content (AvgIpc) is 2.91. The van der Waals surface area contributed by atoms with Crippen LogP contribution < -0.4 is 0 Å². The van der Waals surface area contributed by atoms with Crippen LogP contribution in [-0.4, -0.2) is 17.4 Å². The van der Waals surface area contributed by atoms with E-state index in [0.717, 1.165) is 0 Å². The molecule has 0 aliphatic rings. The van der Waals surface area contributed by atoms with Crippen molar-refractivity contribution in [3.63, 3.8) is 0 Å². The molecule has 3 aromatic rings. The number of hydrogen-bond acceptors (Lipinski definition) is 4. The van der Waals surface area contributed by atoms with Crippen molar-refractivity contribution in [2.45, 2.75) is 4.90 Å². The first kappa shape index (κ1) is 12.4. The summed E-state index contributed by atoms with van der Waals surface area (Å²) in [6, 6.07) is 13.3. The highest BCUT2D eigenvalue weighted by Gasteiger charge is 2.18. The molecule has 0 saturated heterocycles. The van der Waals surface area contributed by atoms with Crippen molar-refractivity contribution in [3.8, 4) is 6.07 Å². The number of rotatable bonds is 2. The summed E-state index contributed by atoms with van der Waals surface area (Å²) in [5.41, 5.74) is 0.709. The number of aromatic nitrogens is 2. The predicted octanol–water partition coefficient (Wildman–Crippen LogP) is 2.14. The molecule has 0 spiro atoms. The Labute approximate surface area is 115 Å². The Hall–Kier alpha value is -2.65. The van der Waals surface area contributed by atoms with Crippen molar-refractivity contribution in [3.05, 3.63) is 60.6 Å². The number of nitriles is 1. The number of nitrogens with zero attached hydrogens (tertiary/aromatic N) is 3. The topological polar surface area (TPSA) is 75.8 Å². The smallest absolute Gasteiger partial charge is 0.243 e. The summed E-state index contributed by atoms with van der Waals surface area (Å²) in [6.07, 6.45) is 2.87. The van der Waals surface area contributed by atoms with Crippen LogP contribution in [0.1, 0.15) is 5.69 Å². The Morgan fingerprint density at radius 2 is 1.90 bits per heavy atom. The van der Waals surface area contributed by atoms with Gasteiger partial charge in [0.05, 0.1) is 16.6 Å². The van der Waals surface area contributed by atoms with Crippen molar-refractivity contribution >= 4 is 20.9 Å². The van der Waals surface area contributed by atoms with Crippen LogP contribution in [0.25, 0.3) is 10.9 Å².